The molecule has 1 N–H and O–H groups in total. The van der Waals surface area contributed by atoms with Crippen molar-refractivity contribution in [1.29, 1.82) is 0 Å². The number of phenols is 1. The second-order valence-corrected chi connectivity index (χ2v) is 9.35. The molecule has 136 valence electrons. The Bertz CT molecular complexity index is 688. The predicted molar refractivity (Wildman–Crippen MR) is 101 cm³/mol. The molecule has 3 saturated carbocycles. The van der Waals surface area contributed by atoms with E-state index in [9.17, 15) is 9.90 Å². The number of carbonyl (C=O) groups is 1. The minimum absolute atomic E-state index is 0.0371. The zero-order valence-electron chi connectivity index (χ0n) is 16.0. The standard InChI is InChI=1S/C19H24O2.C4H8/c1-11-9-15-12(10-17(11)20)3-4-14-13(15)7-8-19(2)16(14)5-6-18(19)21;1-4-2-3-4/h9-10,13-14,16,20H,3-8H2,1-2H3;4H,2-3H2,1H3. The summed E-state index contributed by atoms with van der Waals surface area (Å²) in [6.07, 6.45) is 9.31. The van der Waals surface area contributed by atoms with Gasteiger partial charge in [-0.15, -0.1) is 0 Å². The lowest BCUT2D eigenvalue weighted by atomic mass is 9.55. The normalized spacial score (nSPS) is 36.0. The fourth-order valence-corrected chi connectivity index (χ4v) is 5.66. The van der Waals surface area contributed by atoms with Gasteiger partial charge < -0.3 is 5.11 Å². The van der Waals surface area contributed by atoms with Crippen LogP contribution >= 0.6 is 0 Å². The van der Waals surface area contributed by atoms with Gasteiger partial charge in [0, 0.05) is 11.8 Å². The average Bonchev–Trinajstić information content (AvgIpc) is 3.30. The molecule has 0 aromatic heterocycles. The summed E-state index contributed by atoms with van der Waals surface area (Å²) < 4.78 is 0. The molecule has 5 rings (SSSR count). The highest BCUT2D eigenvalue weighted by atomic mass is 16.3. The second kappa shape index (κ2) is 6.14. The van der Waals surface area contributed by atoms with Crippen molar-refractivity contribution in [2.24, 2.45) is 23.2 Å². The number of hydrogen-bond donors (Lipinski definition) is 1. The van der Waals surface area contributed by atoms with Crippen molar-refractivity contribution in [3.05, 3.63) is 28.8 Å². The molecular weight excluding hydrogens is 308 g/mol. The molecule has 4 aliphatic carbocycles. The third-order valence-corrected chi connectivity index (χ3v) is 7.62. The summed E-state index contributed by atoms with van der Waals surface area (Å²) in [5, 5.41) is 9.95. The maximum absolute atomic E-state index is 12.3. The summed E-state index contributed by atoms with van der Waals surface area (Å²) in [6.45, 7) is 6.49. The lowest BCUT2D eigenvalue weighted by Gasteiger charge is -2.48. The van der Waals surface area contributed by atoms with Crippen molar-refractivity contribution in [2.75, 3.05) is 0 Å². The Morgan fingerprint density at radius 1 is 1.08 bits per heavy atom. The van der Waals surface area contributed by atoms with Crippen LogP contribution in [0.2, 0.25) is 0 Å². The molecule has 0 bridgehead atoms. The molecule has 4 atom stereocenters. The molecule has 0 spiro atoms. The quantitative estimate of drug-likeness (QED) is 0.673. The number of fused-ring (bicyclic) bond motifs is 5. The highest BCUT2D eigenvalue weighted by molar-refractivity contribution is 5.87. The van der Waals surface area contributed by atoms with E-state index in [4.69, 9.17) is 0 Å². The van der Waals surface area contributed by atoms with E-state index >= 15 is 0 Å². The SMILES string of the molecule is CC1CC1.Cc1cc2c(cc1O)CCC1C2CCC2(C)C(=O)CCC12. The van der Waals surface area contributed by atoms with E-state index in [2.05, 4.69) is 19.9 Å². The lowest BCUT2D eigenvalue weighted by molar-refractivity contribution is -0.129. The molecule has 1 aromatic carbocycles. The molecule has 25 heavy (non-hydrogen) atoms. The first-order valence-corrected chi connectivity index (χ1v) is 10.3. The van der Waals surface area contributed by atoms with E-state index < -0.39 is 0 Å². The summed E-state index contributed by atoms with van der Waals surface area (Å²) in [5.41, 5.74) is 3.76. The van der Waals surface area contributed by atoms with Gasteiger partial charge in [0.15, 0.2) is 0 Å². The summed E-state index contributed by atoms with van der Waals surface area (Å²) in [7, 11) is 0. The van der Waals surface area contributed by atoms with Crippen LogP contribution in [0.25, 0.3) is 0 Å². The molecule has 2 heteroatoms. The monoisotopic (exact) mass is 340 g/mol. The van der Waals surface area contributed by atoms with Crippen molar-refractivity contribution in [3.8, 4) is 5.75 Å². The summed E-state index contributed by atoms with van der Waals surface area (Å²) in [4.78, 5) is 12.3. The van der Waals surface area contributed by atoms with E-state index in [-0.39, 0.29) is 5.41 Å². The minimum atomic E-state index is -0.0371. The van der Waals surface area contributed by atoms with Crippen LogP contribution in [-0.2, 0) is 11.2 Å². The van der Waals surface area contributed by atoms with Gasteiger partial charge in [0.2, 0.25) is 0 Å². The van der Waals surface area contributed by atoms with E-state index in [1.54, 1.807) is 0 Å². The first-order chi connectivity index (χ1) is 11.9. The Balaban J connectivity index is 0.000000347. The maximum atomic E-state index is 12.3. The van der Waals surface area contributed by atoms with Crippen LogP contribution in [-0.4, -0.2) is 10.9 Å². The van der Waals surface area contributed by atoms with Crippen LogP contribution in [0.4, 0.5) is 0 Å². The molecule has 3 fully saturated rings. The number of Topliss-reactive ketones (excluding diaryl/α,β-unsaturated/α-hetero) is 1. The fraction of sp³-hybridized carbons (Fsp3) is 0.696. The number of ketones is 1. The number of aromatic hydroxyl groups is 1. The Hall–Kier alpha value is -1.31. The third-order valence-electron chi connectivity index (χ3n) is 7.62. The topological polar surface area (TPSA) is 37.3 Å². The third kappa shape index (κ3) is 2.92. The largest absolute Gasteiger partial charge is 0.508 e. The van der Waals surface area contributed by atoms with Gasteiger partial charge in [-0.1, -0.05) is 32.8 Å². The average molecular weight is 341 g/mol. The first-order valence-electron chi connectivity index (χ1n) is 10.3. The van der Waals surface area contributed by atoms with Crippen LogP contribution in [0.15, 0.2) is 12.1 Å². The van der Waals surface area contributed by atoms with Crippen LogP contribution in [0.1, 0.15) is 81.4 Å². The first kappa shape index (κ1) is 17.1. The van der Waals surface area contributed by atoms with E-state index in [0.717, 1.165) is 43.6 Å². The Labute approximate surface area is 152 Å². The minimum Gasteiger partial charge on any atom is -0.508 e. The fourth-order valence-electron chi connectivity index (χ4n) is 5.66. The van der Waals surface area contributed by atoms with Crippen molar-refractivity contribution in [3.63, 3.8) is 0 Å². The predicted octanol–water partition coefficient (Wildman–Crippen LogP) is 5.54. The van der Waals surface area contributed by atoms with Crippen molar-refractivity contribution in [2.45, 2.75) is 78.1 Å². The number of carbonyl (C=O) groups excluding carboxylic acids is 1. The highest BCUT2D eigenvalue weighted by Crippen LogP contribution is 2.59. The molecular formula is C23H32O2. The summed E-state index contributed by atoms with van der Waals surface area (Å²) in [5.74, 6) is 3.90. The maximum Gasteiger partial charge on any atom is 0.139 e. The molecule has 0 saturated heterocycles. The Morgan fingerprint density at radius 2 is 1.80 bits per heavy atom. The van der Waals surface area contributed by atoms with Crippen LogP contribution in [0.3, 0.4) is 0 Å². The number of hydrogen-bond acceptors (Lipinski definition) is 2. The van der Waals surface area contributed by atoms with Crippen molar-refractivity contribution >= 4 is 5.78 Å². The van der Waals surface area contributed by atoms with E-state index in [1.165, 1.54) is 30.4 Å². The van der Waals surface area contributed by atoms with Gasteiger partial charge in [0.05, 0.1) is 0 Å². The van der Waals surface area contributed by atoms with Gasteiger partial charge in [-0.2, -0.15) is 0 Å². The van der Waals surface area contributed by atoms with Crippen molar-refractivity contribution in [1.82, 2.24) is 0 Å². The molecule has 0 heterocycles. The van der Waals surface area contributed by atoms with Gasteiger partial charge in [0.1, 0.15) is 11.5 Å². The zero-order valence-corrected chi connectivity index (χ0v) is 16.0. The Kier molecular flexibility index (Phi) is 4.21. The van der Waals surface area contributed by atoms with Gasteiger partial charge in [-0.25, -0.2) is 0 Å². The molecule has 0 aliphatic heterocycles. The zero-order chi connectivity index (χ0) is 17.8. The number of aryl methyl sites for hydroxylation is 2. The van der Waals surface area contributed by atoms with E-state index in [1.807, 2.05) is 13.0 Å². The number of benzene rings is 1. The highest BCUT2D eigenvalue weighted by Gasteiger charge is 2.54. The molecule has 2 nitrogen and oxygen atoms in total. The molecule has 4 unspecified atom stereocenters. The molecule has 4 aliphatic rings. The summed E-state index contributed by atoms with van der Waals surface area (Å²) >= 11 is 0. The number of rotatable bonds is 0. The lowest BCUT2D eigenvalue weighted by Crippen LogP contribution is -2.42. The van der Waals surface area contributed by atoms with E-state index in [0.29, 0.717) is 29.3 Å². The second-order valence-electron chi connectivity index (χ2n) is 9.35. The van der Waals surface area contributed by atoms with Gasteiger partial charge in [-0.3, -0.25) is 4.79 Å². The molecule has 0 amide bonds. The number of phenolic OH excluding ortho intramolecular Hbond substituents is 1. The van der Waals surface area contributed by atoms with Crippen LogP contribution in [0, 0.1) is 30.1 Å². The van der Waals surface area contributed by atoms with Gasteiger partial charge >= 0.3 is 0 Å². The van der Waals surface area contributed by atoms with Crippen molar-refractivity contribution < 1.29 is 9.90 Å². The molecule has 0 radical (unpaired) electrons. The van der Waals surface area contributed by atoms with Crippen LogP contribution < -0.4 is 0 Å². The summed E-state index contributed by atoms with van der Waals surface area (Å²) in [6, 6.07) is 4.19. The molecule has 1 aromatic rings. The van der Waals surface area contributed by atoms with Gasteiger partial charge in [0.25, 0.3) is 0 Å². The van der Waals surface area contributed by atoms with Crippen LogP contribution in [0.5, 0.6) is 5.75 Å². The van der Waals surface area contributed by atoms with Gasteiger partial charge in [-0.05, 0) is 85.5 Å². The smallest absolute Gasteiger partial charge is 0.139 e. The Morgan fingerprint density at radius 3 is 2.48 bits per heavy atom.